The molecular formula is C24H34N2O5. The van der Waals surface area contributed by atoms with Crippen LogP contribution in [-0.2, 0) is 14.3 Å². The number of ketones is 1. The molecule has 0 spiro atoms. The van der Waals surface area contributed by atoms with Crippen LogP contribution in [0.15, 0.2) is 24.3 Å². The molecule has 1 rings (SSSR count). The van der Waals surface area contributed by atoms with E-state index in [0.717, 1.165) is 19.3 Å². The van der Waals surface area contributed by atoms with E-state index in [1.807, 2.05) is 13.8 Å². The summed E-state index contributed by atoms with van der Waals surface area (Å²) < 4.78 is 10.7. The first-order chi connectivity index (χ1) is 14.6. The van der Waals surface area contributed by atoms with Gasteiger partial charge in [0.05, 0.1) is 19.1 Å². The fourth-order valence-corrected chi connectivity index (χ4v) is 2.61. The Morgan fingerprint density at radius 2 is 1.74 bits per heavy atom. The van der Waals surface area contributed by atoms with Gasteiger partial charge in [-0.25, -0.2) is 0 Å². The van der Waals surface area contributed by atoms with E-state index in [1.54, 1.807) is 31.2 Å². The van der Waals surface area contributed by atoms with Gasteiger partial charge in [0.1, 0.15) is 11.3 Å². The molecule has 0 heterocycles. The second kappa shape index (κ2) is 12.7. The summed E-state index contributed by atoms with van der Waals surface area (Å²) in [5.74, 6) is -0.793. The molecule has 2 atom stereocenters. The third-order valence-corrected chi connectivity index (χ3v) is 5.20. The van der Waals surface area contributed by atoms with Crippen molar-refractivity contribution in [1.82, 2.24) is 5.32 Å². The molecule has 0 fully saturated rings. The quantitative estimate of drug-likeness (QED) is 0.286. The number of hydrogen-bond acceptors (Lipinski definition) is 6. The van der Waals surface area contributed by atoms with E-state index < -0.39 is 23.5 Å². The second-order valence-corrected chi connectivity index (χ2v) is 8.09. The Labute approximate surface area is 185 Å². The first kappa shape index (κ1) is 26.2. The summed E-state index contributed by atoms with van der Waals surface area (Å²) in [6.45, 7) is 9.46. The van der Waals surface area contributed by atoms with Gasteiger partial charge in [0.25, 0.3) is 5.91 Å². The number of nitrogens with one attached hydrogen (secondary N) is 1. The van der Waals surface area contributed by atoms with Crippen LogP contribution in [0, 0.1) is 17.2 Å². The zero-order valence-corrected chi connectivity index (χ0v) is 19.2. The highest BCUT2D eigenvalue weighted by Gasteiger charge is 2.32. The maximum absolute atomic E-state index is 12.3. The fraction of sp³-hybridized carbons (Fsp3) is 0.583. The lowest BCUT2D eigenvalue weighted by molar-refractivity contribution is -0.155. The van der Waals surface area contributed by atoms with E-state index in [4.69, 9.17) is 9.47 Å². The van der Waals surface area contributed by atoms with Crippen LogP contribution in [0.1, 0.15) is 77.1 Å². The van der Waals surface area contributed by atoms with Gasteiger partial charge in [-0.1, -0.05) is 33.6 Å². The third kappa shape index (κ3) is 8.79. The summed E-state index contributed by atoms with van der Waals surface area (Å²) in [6.07, 6.45) is 2.01. The van der Waals surface area contributed by atoms with Crippen LogP contribution in [0.4, 0.5) is 0 Å². The van der Waals surface area contributed by atoms with Crippen LogP contribution in [0.5, 0.6) is 5.75 Å². The van der Waals surface area contributed by atoms with Crippen molar-refractivity contribution in [3.63, 3.8) is 0 Å². The summed E-state index contributed by atoms with van der Waals surface area (Å²) in [5.41, 5.74) is -0.569. The first-order valence-corrected chi connectivity index (χ1v) is 10.8. The van der Waals surface area contributed by atoms with Crippen molar-refractivity contribution in [1.29, 1.82) is 5.26 Å². The number of carbonyl (C=O) groups is 3. The standard InChI is InChI=1S/C24H34N2O5/c1-6-7-8-15-30-20-11-9-19(10-12-20)21(27)13-14-22(28)31-18(4)23(29)26-24(5,16-25)17(2)3/h9-12,17-18H,6-8,13-15H2,1-5H3,(H,26,29). The number of esters is 1. The lowest BCUT2D eigenvalue weighted by Gasteiger charge is -2.28. The van der Waals surface area contributed by atoms with Crippen molar-refractivity contribution in [2.75, 3.05) is 6.61 Å². The zero-order chi connectivity index (χ0) is 23.4. The molecule has 1 aromatic carbocycles. The van der Waals surface area contributed by atoms with Crippen LogP contribution in [0.25, 0.3) is 0 Å². The summed E-state index contributed by atoms with van der Waals surface area (Å²) in [4.78, 5) is 36.6. The summed E-state index contributed by atoms with van der Waals surface area (Å²) >= 11 is 0. The lowest BCUT2D eigenvalue weighted by Crippen LogP contribution is -2.52. The molecule has 0 aromatic heterocycles. The van der Waals surface area contributed by atoms with Crippen molar-refractivity contribution in [3.05, 3.63) is 29.8 Å². The van der Waals surface area contributed by atoms with Gasteiger partial charge < -0.3 is 14.8 Å². The lowest BCUT2D eigenvalue weighted by atomic mass is 9.90. The summed E-state index contributed by atoms with van der Waals surface area (Å²) in [6, 6.07) is 8.90. The average molecular weight is 431 g/mol. The van der Waals surface area contributed by atoms with Gasteiger partial charge in [-0.05, 0) is 50.5 Å². The molecule has 0 aliphatic rings. The predicted octanol–water partition coefficient (Wildman–Crippen LogP) is 4.20. The SMILES string of the molecule is CCCCCOc1ccc(C(=O)CCC(=O)OC(C)C(=O)NC(C)(C#N)C(C)C)cc1. The smallest absolute Gasteiger partial charge is 0.307 e. The number of carbonyl (C=O) groups excluding carboxylic acids is 3. The van der Waals surface area contributed by atoms with E-state index in [9.17, 15) is 19.6 Å². The highest BCUT2D eigenvalue weighted by molar-refractivity contribution is 5.97. The van der Waals surface area contributed by atoms with Gasteiger partial charge in [-0.15, -0.1) is 0 Å². The minimum absolute atomic E-state index is 0.0220. The van der Waals surface area contributed by atoms with Crippen molar-refractivity contribution >= 4 is 17.7 Å². The molecule has 1 amide bonds. The van der Waals surface area contributed by atoms with Gasteiger partial charge in [0.15, 0.2) is 11.9 Å². The highest BCUT2D eigenvalue weighted by atomic mass is 16.5. The molecule has 1 aromatic rings. The van der Waals surface area contributed by atoms with Crippen molar-refractivity contribution in [3.8, 4) is 11.8 Å². The highest BCUT2D eigenvalue weighted by Crippen LogP contribution is 2.17. The van der Waals surface area contributed by atoms with Crippen molar-refractivity contribution < 1.29 is 23.9 Å². The Hall–Kier alpha value is -2.88. The molecule has 1 N–H and O–H groups in total. The molecule has 170 valence electrons. The molecular weight excluding hydrogens is 396 g/mol. The van der Waals surface area contributed by atoms with E-state index in [1.165, 1.54) is 6.92 Å². The topological polar surface area (TPSA) is 105 Å². The van der Waals surface area contributed by atoms with Gasteiger partial charge in [-0.2, -0.15) is 5.26 Å². The molecule has 0 aliphatic carbocycles. The number of nitrogens with zero attached hydrogens (tertiary/aromatic N) is 1. The Bertz CT molecular complexity index is 782. The molecule has 7 heteroatoms. The van der Waals surface area contributed by atoms with E-state index in [-0.39, 0.29) is 24.5 Å². The molecule has 2 unspecified atom stereocenters. The minimum atomic E-state index is -1.06. The van der Waals surface area contributed by atoms with E-state index in [0.29, 0.717) is 17.9 Å². The zero-order valence-electron chi connectivity index (χ0n) is 19.2. The van der Waals surface area contributed by atoms with Crippen LogP contribution < -0.4 is 10.1 Å². The van der Waals surface area contributed by atoms with Crippen LogP contribution in [0.2, 0.25) is 0 Å². The molecule has 0 bridgehead atoms. The van der Waals surface area contributed by atoms with Gasteiger partial charge in [-0.3, -0.25) is 14.4 Å². The number of hydrogen-bond donors (Lipinski definition) is 1. The largest absolute Gasteiger partial charge is 0.494 e. The Kier molecular flexibility index (Phi) is 10.7. The van der Waals surface area contributed by atoms with E-state index in [2.05, 4.69) is 18.3 Å². The molecule has 0 saturated carbocycles. The molecule has 7 nitrogen and oxygen atoms in total. The van der Waals surface area contributed by atoms with Crippen LogP contribution in [-0.4, -0.2) is 35.9 Å². The van der Waals surface area contributed by atoms with Gasteiger partial charge in [0.2, 0.25) is 0 Å². The van der Waals surface area contributed by atoms with Crippen LogP contribution >= 0.6 is 0 Å². The monoisotopic (exact) mass is 430 g/mol. The number of Topliss-reactive ketones (excluding diaryl/α,β-unsaturated/α-hetero) is 1. The number of benzene rings is 1. The number of rotatable bonds is 13. The van der Waals surface area contributed by atoms with E-state index >= 15 is 0 Å². The normalized spacial score (nSPS) is 13.6. The number of ether oxygens (including phenoxy) is 2. The summed E-state index contributed by atoms with van der Waals surface area (Å²) in [7, 11) is 0. The summed E-state index contributed by atoms with van der Waals surface area (Å²) in [5, 5.41) is 11.9. The predicted molar refractivity (Wildman–Crippen MR) is 118 cm³/mol. The van der Waals surface area contributed by atoms with Gasteiger partial charge in [0, 0.05) is 12.0 Å². The maximum atomic E-state index is 12.3. The Morgan fingerprint density at radius 1 is 1.10 bits per heavy atom. The van der Waals surface area contributed by atoms with Crippen molar-refractivity contribution in [2.45, 2.75) is 78.4 Å². The number of nitriles is 1. The molecule has 0 saturated heterocycles. The minimum Gasteiger partial charge on any atom is -0.494 e. The molecule has 31 heavy (non-hydrogen) atoms. The van der Waals surface area contributed by atoms with Crippen LogP contribution in [0.3, 0.4) is 0 Å². The molecule has 0 radical (unpaired) electrons. The Balaban J connectivity index is 2.47. The molecule has 0 aliphatic heterocycles. The number of unbranched alkanes of at least 4 members (excludes halogenated alkanes) is 2. The fourth-order valence-electron chi connectivity index (χ4n) is 2.61. The first-order valence-electron chi connectivity index (χ1n) is 10.8. The maximum Gasteiger partial charge on any atom is 0.307 e. The third-order valence-electron chi connectivity index (χ3n) is 5.20. The second-order valence-electron chi connectivity index (χ2n) is 8.09. The number of amides is 1. The van der Waals surface area contributed by atoms with Crippen molar-refractivity contribution in [2.24, 2.45) is 5.92 Å². The average Bonchev–Trinajstić information content (AvgIpc) is 2.75. The van der Waals surface area contributed by atoms with Gasteiger partial charge >= 0.3 is 5.97 Å². The Morgan fingerprint density at radius 3 is 2.29 bits per heavy atom.